The second kappa shape index (κ2) is 6.30. The van der Waals surface area contributed by atoms with Crippen molar-refractivity contribution in [1.29, 1.82) is 0 Å². The van der Waals surface area contributed by atoms with E-state index < -0.39 is 10.0 Å². The third kappa shape index (κ3) is 3.21. The van der Waals surface area contributed by atoms with E-state index in [1.807, 2.05) is 0 Å². The molecule has 0 saturated heterocycles. The first-order valence-corrected chi connectivity index (χ1v) is 9.82. The van der Waals surface area contributed by atoms with Gasteiger partial charge < -0.3 is 18.9 Å². The molecule has 0 aliphatic carbocycles. The van der Waals surface area contributed by atoms with E-state index in [0.29, 0.717) is 59.6 Å². The van der Waals surface area contributed by atoms with Crippen molar-refractivity contribution in [2.75, 3.05) is 31.1 Å². The quantitative estimate of drug-likeness (QED) is 0.810. The van der Waals surface area contributed by atoms with Crippen molar-refractivity contribution in [1.82, 2.24) is 0 Å². The summed E-state index contributed by atoms with van der Waals surface area (Å²) in [6, 6.07) is 7.77. The van der Waals surface area contributed by atoms with Crippen LogP contribution in [0.5, 0.6) is 23.0 Å². The number of hydrogen-bond acceptors (Lipinski definition) is 6. The van der Waals surface area contributed by atoms with Gasteiger partial charge in [0.1, 0.15) is 26.4 Å². The smallest absolute Gasteiger partial charge is 0.262 e. The molecule has 1 N–H and O–H groups in total. The Morgan fingerprint density at radius 1 is 0.800 bits per heavy atom. The second-order valence-corrected chi connectivity index (χ2v) is 7.92. The minimum Gasteiger partial charge on any atom is -0.486 e. The lowest BCUT2D eigenvalue weighted by molar-refractivity contribution is 0.171. The van der Waals surface area contributed by atoms with E-state index in [-0.39, 0.29) is 4.90 Å². The van der Waals surface area contributed by atoms with Crippen molar-refractivity contribution in [3.63, 3.8) is 0 Å². The van der Waals surface area contributed by atoms with Gasteiger partial charge in [0.25, 0.3) is 10.0 Å². The Morgan fingerprint density at radius 3 is 2.04 bits per heavy atom. The van der Waals surface area contributed by atoms with Crippen molar-refractivity contribution in [3.05, 3.63) is 34.8 Å². The first kappa shape index (κ1) is 16.3. The van der Waals surface area contributed by atoms with Gasteiger partial charge in [-0.15, -0.1) is 0 Å². The van der Waals surface area contributed by atoms with Crippen LogP contribution < -0.4 is 23.7 Å². The summed E-state index contributed by atoms with van der Waals surface area (Å²) in [6.45, 7) is 1.71. The van der Waals surface area contributed by atoms with Gasteiger partial charge in [0.15, 0.2) is 23.0 Å². The molecule has 0 amide bonds. The van der Waals surface area contributed by atoms with Crippen LogP contribution in [0.3, 0.4) is 0 Å². The Labute approximate surface area is 153 Å². The van der Waals surface area contributed by atoms with E-state index in [0.717, 1.165) is 0 Å². The zero-order valence-electron chi connectivity index (χ0n) is 13.0. The molecule has 2 aromatic rings. The van der Waals surface area contributed by atoms with Gasteiger partial charge in [0.05, 0.1) is 10.6 Å². The molecule has 0 unspecified atom stereocenters. The molecule has 25 heavy (non-hydrogen) atoms. The molecule has 132 valence electrons. The minimum absolute atomic E-state index is 0.0820. The van der Waals surface area contributed by atoms with E-state index in [2.05, 4.69) is 20.7 Å². The summed E-state index contributed by atoms with van der Waals surface area (Å²) in [5.41, 5.74) is 0.360. The zero-order chi connectivity index (χ0) is 17.4. The lowest BCUT2D eigenvalue weighted by atomic mass is 10.2. The van der Waals surface area contributed by atoms with Crippen molar-refractivity contribution < 1.29 is 27.4 Å². The summed E-state index contributed by atoms with van der Waals surface area (Å²) in [6.07, 6.45) is 0. The van der Waals surface area contributed by atoms with Crippen LogP contribution in [0.1, 0.15) is 0 Å². The van der Waals surface area contributed by atoms with Gasteiger partial charge in [-0.25, -0.2) is 8.42 Å². The summed E-state index contributed by atoms with van der Waals surface area (Å²) in [7, 11) is -3.81. The average molecular weight is 428 g/mol. The Bertz CT molecular complexity index is 930. The Morgan fingerprint density at radius 2 is 1.36 bits per heavy atom. The summed E-state index contributed by atoms with van der Waals surface area (Å²) in [4.78, 5) is 0.0820. The fourth-order valence-corrected chi connectivity index (χ4v) is 4.18. The molecule has 2 aliphatic heterocycles. The summed E-state index contributed by atoms with van der Waals surface area (Å²) < 4.78 is 50.3. The fraction of sp³-hybridized carbons (Fsp3) is 0.250. The number of rotatable bonds is 3. The molecule has 7 nitrogen and oxygen atoms in total. The van der Waals surface area contributed by atoms with Crippen LogP contribution in [0.4, 0.5) is 5.69 Å². The topological polar surface area (TPSA) is 83.1 Å². The minimum atomic E-state index is -3.81. The maximum absolute atomic E-state index is 12.7. The van der Waals surface area contributed by atoms with Gasteiger partial charge >= 0.3 is 0 Å². The zero-order valence-corrected chi connectivity index (χ0v) is 15.4. The SMILES string of the molecule is O=S(=O)(Nc1cc2c(cc1Br)OCCO2)c1ccc2c(c1)OCCO2. The summed E-state index contributed by atoms with van der Waals surface area (Å²) in [5, 5.41) is 0. The Hall–Kier alpha value is -2.13. The highest BCUT2D eigenvalue weighted by molar-refractivity contribution is 9.10. The average Bonchev–Trinajstić information content (AvgIpc) is 2.62. The molecule has 9 heteroatoms. The van der Waals surface area contributed by atoms with Crippen LogP contribution in [-0.4, -0.2) is 34.8 Å². The molecular weight excluding hydrogens is 414 g/mol. The number of benzene rings is 2. The highest BCUT2D eigenvalue weighted by atomic mass is 79.9. The number of anilines is 1. The molecule has 0 spiro atoms. The van der Waals surface area contributed by atoms with Gasteiger partial charge in [0, 0.05) is 22.7 Å². The van der Waals surface area contributed by atoms with Crippen LogP contribution in [0.15, 0.2) is 39.7 Å². The van der Waals surface area contributed by atoms with E-state index >= 15 is 0 Å². The lowest BCUT2D eigenvalue weighted by Gasteiger charge is -2.21. The molecule has 0 atom stereocenters. The highest BCUT2D eigenvalue weighted by Gasteiger charge is 2.22. The Kier molecular flexibility index (Phi) is 4.12. The first-order chi connectivity index (χ1) is 12.0. The first-order valence-electron chi connectivity index (χ1n) is 7.54. The standard InChI is InChI=1S/C16H14BrNO6S/c17-11-8-15-16(24-6-5-23-15)9-12(11)18-25(19,20)10-1-2-13-14(7-10)22-4-3-21-13/h1-2,7-9,18H,3-6H2. The van der Waals surface area contributed by atoms with E-state index in [1.165, 1.54) is 12.1 Å². The van der Waals surface area contributed by atoms with Crippen LogP contribution >= 0.6 is 15.9 Å². The highest BCUT2D eigenvalue weighted by Crippen LogP contribution is 2.39. The van der Waals surface area contributed by atoms with E-state index in [9.17, 15) is 8.42 Å². The molecule has 0 radical (unpaired) electrons. The largest absolute Gasteiger partial charge is 0.486 e. The molecule has 0 saturated carbocycles. The van der Waals surface area contributed by atoms with Crippen LogP contribution in [0.25, 0.3) is 0 Å². The van der Waals surface area contributed by atoms with E-state index in [1.54, 1.807) is 18.2 Å². The van der Waals surface area contributed by atoms with Gasteiger partial charge in [0.2, 0.25) is 0 Å². The second-order valence-electron chi connectivity index (χ2n) is 5.39. The maximum Gasteiger partial charge on any atom is 0.262 e. The third-order valence-electron chi connectivity index (χ3n) is 3.70. The third-order valence-corrected chi connectivity index (χ3v) is 5.72. The molecule has 2 aliphatic rings. The number of halogens is 1. The summed E-state index contributed by atoms with van der Waals surface area (Å²) >= 11 is 3.35. The van der Waals surface area contributed by atoms with Gasteiger partial charge in [-0.3, -0.25) is 4.72 Å². The monoisotopic (exact) mass is 427 g/mol. The molecule has 2 aromatic carbocycles. The number of fused-ring (bicyclic) bond motifs is 2. The number of ether oxygens (including phenoxy) is 4. The lowest BCUT2D eigenvalue weighted by Crippen LogP contribution is -2.18. The van der Waals surface area contributed by atoms with Crippen LogP contribution in [-0.2, 0) is 10.0 Å². The molecule has 0 aromatic heterocycles. The predicted molar refractivity (Wildman–Crippen MR) is 93.4 cm³/mol. The van der Waals surface area contributed by atoms with Crippen LogP contribution in [0.2, 0.25) is 0 Å². The predicted octanol–water partition coefficient (Wildman–Crippen LogP) is 2.79. The van der Waals surface area contributed by atoms with Gasteiger partial charge in [-0.05, 0) is 28.1 Å². The normalized spacial score (nSPS) is 15.6. The number of nitrogens with one attached hydrogen (secondary N) is 1. The van der Waals surface area contributed by atoms with E-state index in [4.69, 9.17) is 18.9 Å². The maximum atomic E-state index is 12.7. The van der Waals surface area contributed by atoms with Crippen molar-refractivity contribution in [2.45, 2.75) is 4.90 Å². The van der Waals surface area contributed by atoms with Crippen LogP contribution in [0, 0.1) is 0 Å². The van der Waals surface area contributed by atoms with Crippen molar-refractivity contribution in [2.24, 2.45) is 0 Å². The molecule has 2 heterocycles. The number of hydrogen-bond donors (Lipinski definition) is 1. The molecule has 0 bridgehead atoms. The molecule has 4 rings (SSSR count). The van der Waals surface area contributed by atoms with Crippen molar-refractivity contribution >= 4 is 31.6 Å². The van der Waals surface area contributed by atoms with Gasteiger partial charge in [-0.2, -0.15) is 0 Å². The number of sulfonamides is 1. The van der Waals surface area contributed by atoms with Crippen molar-refractivity contribution in [3.8, 4) is 23.0 Å². The van der Waals surface area contributed by atoms with Gasteiger partial charge in [-0.1, -0.05) is 0 Å². The summed E-state index contributed by atoms with van der Waals surface area (Å²) in [5.74, 6) is 2.01. The molecular formula is C16H14BrNO6S. The molecule has 0 fully saturated rings. The fourth-order valence-electron chi connectivity index (χ4n) is 2.54. The Balaban J connectivity index is 1.65.